The molecule has 1 aromatic carbocycles. The van der Waals surface area contributed by atoms with E-state index >= 15 is 0 Å². The Bertz CT molecular complexity index is 355. The van der Waals surface area contributed by atoms with Crippen molar-refractivity contribution < 1.29 is 8.78 Å². The molecule has 1 N–H and O–H groups in total. The maximum absolute atomic E-state index is 13.0. The summed E-state index contributed by atoms with van der Waals surface area (Å²) in [6.07, 6.45) is 0.720. The van der Waals surface area contributed by atoms with Crippen LogP contribution in [0.3, 0.4) is 0 Å². The van der Waals surface area contributed by atoms with Crippen molar-refractivity contribution in [1.82, 2.24) is 5.32 Å². The number of alkyl halides is 2. The molecule has 0 amide bonds. The average Bonchev–Trinajstić information content (AvgIpc) is 2.16. The first-order valence-corrected chi connectivity index (χ1v) is 5.24. The van der Waals surface area contributed by atoms with Crippen LogP contribution in [0.4, 0.5) is 8.78 Å². The normalized spacial score (nSPS) is 16.2. The molecule has 1 aromatic rings. The van der Waals surface area contributed by atoms with Gasteiger partial charge in [-0.1, -0.05) is 18.2 Å². The van der Waals surface area contributed by atoms with E-state index in [0.717, 1.165) is 37.6 Å². The zero-order valence-corrected chi connectivity index (χ0v) is 8.82. The summed E-state index contributed by atoms with van der Waals surface area (Å²) < 4.78 is 25.9. The van der Waals surface area contributed by atoms with Gasteiger partial charge in [-0.15, -0.1) is 0 Å². The monoisotopic (exact) mass is 211 g/mol. The van der Waals surface area contributed by atoms with Crippen molar-refractivity contribution in [2.24, 2.45) is 0 Å². The summed E-state index contributed by atoms with van der Waals surface area (Å²) in [7, 11) is 0. The van der Waals surface area contributed by atoms with Crippen molar-refractivity contribution in [3.63, 3.8) is 0 Å². The van der Waals surface area contributed by atoms with Crippen LogP contribution in [0, 0.1) is 0 Å². The molecule has 1 nitrogen and oxygen atoms in total. The lowest BCUT2D eigenvalue weighted by Gasteiger charge is -2.21. The van der Waals surface area contributed by atoms with E-state index in [1.165, 1.54) is 5.56 Å². The van der Waals surface area contributed by atoms with Gasteiger partial charge in [-0.25, -0.2) is 8.78 Å². The Hall–Kier alpha value is -0.960. The molecular weight excluding hydrogens is 196 g/mol. The zero-order chi connectivity index (χ0) is 10.9. The van der Waals surface area contributed by atoms with Crippen LogP contribution in [-0.4, -0.2) is 12.5 Å². The molecule has 2 rings (SSSR count). The fourth-order valence-electron chi connectivity index (χ4n) is 2.11. The molecule has 0 bridgehead atoms. The number of benzene rings is 1. The van der Waals surface area contributed by atoms with Crippen molar-refractivity contribution in [3.8, 4) is 0 Å². The predicted molar refractivity (Wildman–Crippen MR) is 56.2 cm³/mol. The molecule has 1 heterocycles. The lowest BCUT2D eigenvalue weighted by atomic mass is 9.92. The van der Waals surface area contributed by atoms with Crippen molar-refractivity contribution in [3.05, 3.63) is 34.9 Å². The van der Waals surface area contributed by atoms with E-state index < -0.39 is 5.92 Å². The third-order valence-electron chi connectivity index (χ3n) is 2.74. The first kappa shape index (κ1) is 10.6. The van der Waals surface area contributed by atoms with Gasteiger partial charge in [0.25, 0.3) is 0 Å². The lowest BCUT2D eigenvalue weighted by molar-refractivity contribution is 0.0224. The maximum atomic E-state index is 13.0. The summed E-state index contributed by atoms with van der Waals surface area (Å²) >= 11 is 0. The maximum Gasteiger partial charge on any atom is 0.249 e. The largest absolute Gasteiger partial charge is 0.312 e. The standard InChI is InChI=1S/C12H15F2N/c1-12(13,14)7-9-3-2-4-10-8-15-6-5-11(9)10/h2-4,15H,5-8H2,1H3. The van der Waals surface area contributed by atoms with Gasteiger partial charge < -0.3 is 5.32 Å². The summed E-state index contributed by atoms with van der Waals surface area (Å²) in [5, 5.41) is 3.24. The molecule has 1 aliphatic rings. The summed E-state index contributed by atoms with van der Waals surface area (Å²) in [6.45, 7) is 2.67. The van der Waals surface area contributed by atoms with E-state index in [0.29, 0.717) is 0 Å². The van der Waals surface area contributed by atoms with Crippen LogP contribution < -0.4 is 5.32 Å². The number of hydrogen-bond donors (Lipinski definition) is 1. The van der Waals surface area contributed by atoms with E-state index in [4.69, 9.17) is 0 Å². The Balaban J connectivity index is 2.31. The molecule has 0 aliphatic carbocycles. The second kappa shape index (κ2) is 3.89. The van der Waals surface area contributed by atoms with Crippen molar-refractivity contribution in [2.75, 3.05) is 6.54 Å². The molecule has 3 heteroatoms. The van der Waals surface area contributed by atoms with Crippen LogP contribution >= 0.6 is 0 Å². The number of rotatable bonds is 2. The second-order valence-corrected chi connectivity index (χ2v) is 4.23. The molecule has 0 unspecified atom stereocenters. The number of halogens is 2. The first-order valence-electron chi connectivity index (χ1n) is 5.24. The van der Waals surface area contributed by atoms with Gasteiger partial charge in [-0.2, -0.15) is 0 Å². The molecule has 0 saturated carbocycles. The Labute approximate surface area is 88.5 Å². The zero-order valence-electron chi connectivity index (χ0n) is 8.82. The highest BCUT2D eigenvalue weighted by atomic mass is 19.3. The average molecular weight is 211 g/mol. The summed E-state index contributed by atoms with van der Waals surface area (Å²) in [4.78, 5) is 0. The fraction of sp³-hybridized carbons (Fsp3) is 0.500. The van der Waals surface area contributed by atoms with Crippen molar-refractivity contribution >= 4 is 0 Å². The van der Waals surface area contributed by atoms with Crippen LogP contribution in [0.15, 0.2) is 18.2 Å². The Morgan fingerprint density at radius 1 is 1.40 bits per heavy atom. The summed E-state index contributed by atoms with van der Waals surface area (Å²) in [6, 6.07) is 5.70. The molecule has 0 spiro atoms. The Morgan fingerprint density at radius 3 is 2.93 bits per heavy atom. The van der Waals surface area contributed by atoms with Gasteiger partial charge in [-0.3, -0.25) is 0 Å². The highest BCUT2D eigenvalue weighted by Gasteiger charge is 2.24. The second-order valence-electron chi connectivity index (χ2n) is 4.23. The van der Waals surface area contributed by atoms with Gasteiger partial charge >= 0.3 is 0 Å². The van der Waals surface area contributed by atoms with Gasteiger partial charge in [0.15, 0.2) is 0 Å². The van der Waals surface area contributed by atoms with E-state index in [-0.39, 0.29) is 6.42 Å². The molecular formula is C12H15F2N. The molecule has 1 aliphatic heterocycles. The quantitative estimate of drug-likeness (QED) is 0.792. The van der Waals surface area contributed by atoms with Crippen molar-refractivity contribution in [2.45, 2.75) is 32.2 Å². The van der Waals surface area contributed by atoms with Gasteiger partial charge in [0, 0.05) is 13.0 Å². The van der Waals surface area contributed by atoms with Crippen LogP contribution in [-0.2, 0) is 19.4 Å². The highest BCUT2D eigenvalue weighted by molar-refractivity contribution is 5.37. The molecule has 0 saturated heterocycles. The SMILES string of the molecule is CC(F)(F)Cc1cccc2c1CCNC2. The molecule has 0 aromatic heterocycles. The number of hydrogen-bond acceptors (Lipinski definition) is 1. The van der Waals surface area contributed by atoms with Gasteiger partial charge in [0.05, 0.1) is 0 Å². The minimum absolute atomic E-state index is 0.143. The molecule has 0 fully saturated rings. The van der Waals surface area contributed by atoms with E-state index in [1.54, 1.807) is 0 Å². The molecule has 0 atom stereocenters. The summed E-state index contributed by atoms with van der Waals surface area (Å²) in [5.74, 6) is -2.61. The van der Waals surface area contributed by atoms with Crippen molar-refractivity contribution in [1.29, 1.82) is 0 Å². The number of fused-ring (bicyclic) bond motifs is 1. The third-order valence-corrected chi connectivity index (χ3v) is 2.74. The molecule has 15 heavy (non-hydrogen) atoms. The fourth-order valence-corrected chi connectivity index (χ4v) is 2.11. The topological polar surface area (TPSA) is 12.0 Å². The van der Waals surface area contributed by atoms with Crippen LogP contribution in [0.1, 0.15) is 23.6 Å². The number of nitrogens with one attached hydrogen (secondary N) is 1. The van der Waals surface area contributed by atoms with E-state index in [9.17, 15) is 8.78 Å². The van der Waals surface area contributed by atoms with Gasteiger partial charge in [0.2, 0.25) is 5.92 Å². The van der Waals surface area contributed by atoms with E-state index in [1.807, 2.05) is 18.2 Å². The first-order chi connectivity index (χ1) is 7.06. The van der Waals surface area contributed by atoms with Gasteiger partial charge in [-0.05, 0) is 36.6 Å². The minimum Gasteiger partial charge on any atom is -0.312 e. The lowest BCUT2D eigenvalue weighted by Crippen LogP contribution is -2.26. The third kappa shape index (κ3) is 2.53. The Morgan fingerprint density at radius 2 is 2.20 bits per heavy atom. The molecule has 82 valence electrons. The predicted octanol–water partition coefficient (Wildman–Crippen LogP) is 2.53. The Kier molecular flexibility index (Phi) is 2.74. The highest BCUT2D eigenvalue weighted by Crippen LogP contribution is 2.25. The summed E-state index contributed by atoms with van der Waals surface area (Å²) in [5.41, 5.74) is 3.10. The van der Waals surface area contributed by atoms with Crippen LogP contribution in [0.25, 0.3) is 0 Å². The van der Waals surface area contributed by atoms with Crippen LogP contribution in [0.5, 0.6) is 0 Å². The molecule has 0 radical (unpaired) electrons. The van der Waals surface area contributed by atoms with Crippen LogP contribution in [0.2, 0.25) is 0 Å². The minimum atomic E-state index is -2.61. The van der Waals surface area contributed by atoms with Gasteiger partial charge in [0.1, 0.15) is 0 Å². The smallest absolute Gasteiger partial charge is 0.249 e. The van der Waals surface area contributed by atoms with E-state index in [2.05, 4.69) is 5.32 Å².